The summed E-state index contributed by atoms with van der Waals surface area (Å²) in [4.78, 5) is 21.9. The molecule has 0 bridgehead atoms. The topological polar surface area (TPSA) is 114 Å². The highest BCUT2D eigenvalue weighted by atomic mass is 16.6. The van der Waals surface area contributed by atoms with Crippen LogP contribution in [0.2, 0.25) is 0 Å². The summed E-state index contributed by atoms with van der Waals surface area (Å²) in [6, 6.07) is 11.9. The number of ether oxygens (including phenoxy) is 1. The summed E-state index contributed by atoms with van der Waals surface area (Å²) >= 11 is 0. The van der Waals surface area contributed by atoms with Crippen LogP contribution >= 0.6 is 0 Å². The smallest absolute Gasteiger partial charge is 0.277 e. The van der Waals surface area contributed by atoms with Gasteiger partial charge in [0.25, 0.3) is 11.6 Å². The average molecular weight is 343 g/mol. The van der Waals surface area contributed by atoms with E-state index in [4.69, 9.17) is 4.74 Å². The zero-order chi connectivity index (χ0) is 18.2. The fourth-order valence-corrected chi connectivity index (χ4v) is 1.98. The highest BCUT2D eigenvalue weighted by Gasteiger charge is 2.07. The molecule has 0 spiro atoms. The lowest BCUT2D eigenvalue weighted by Crippen LogP contribution is -2.26. The van der Waals surface area contributed by atoms with Crippen molar-refractivity contribution >= 4 is 17.3 Å². The highest BCUT2D eigenvalue weighted by Crippen LogP contribution is 2.17. The molecule has 0 atom stereocenters. The Balaban J connectivity index is 1.90. The second-order valence-corrected chi connectivity index (χ2v) is 5.03. The Morgan fingerprint density at radius 1 is 1.20 bits per heavy atom. The Bertz CT molecular complexity index is 770. The van der Waals surface area contributed by atoms with Gasteiger partial charge < -0.3 is 9.84 Å². The van der Waals surface area contributed by atoms with Crippen molar-refractivity contribution in [3.05, 3.63) is 64.2 Å². The van der Waals surface area contributed by atoms with Crippen LogP contribution < -0.4 is 10.2 Å². The number of nitrogens with one attached hydrogen (secondary N) is 1. The van der Waals surface area contributed by atoms with Crippen molar-refractivity contribution in [3.63, 3.8) is 0 Å². The summed E-state index contributed by atoms with van der Waals surface area (Å²) in [5.41, 5.74) is 3.79. The maximum atomic E-state index is 11.8. The van der Waals surface area contributed by atoms with Gasteiger partial charge in [-0.3, -0.25) is 14.9 Å². The number of aromatic hydroxyl groups is 1. The van der Waals surface area contributed by atoms with E-state index in [1.165, 1.54) is 24.3 Å². The molecule has 0 aromatic heterocycles. The largest absolute Gasteiger partial charge is 0.508 e. The third-order valence-electron chi connectivity index (χ3n) is 3.27. The van der Waals surface area contributed by atoms with Gasteiger partial charge in [0, 0.05) is 12.1 Å². The number of nitrogens with zero attached hydrogens (tertiary/aromatic N) is 2. The lowest BCUT2D eigenvalue weighted by Gasteiger charge is -2.07. The molecular weight excluding hydrogens is 326 g/mol. The van der Waals surface area contributed by atoms with E-state index in [0.29, 0.717) is 17.9 Å². The molecule has 0 aliphatic rings. The van der Waals surface area contributed by atoms with Crippen LogP contribution in [0.3, 0.4) is 0 Å². The first kappa shape index (κ1) is 17.9. The Hall–Kier alpha value is -3.42. The fraction of sp³-hybridized carbons (Fsp3) is 0.176. The number of carbonyl (C=O) groups is 1. The monoisotopic (exact) mass is 343 g/mol. The molecule has 0 fully saturated rings. The van der Waals surface area contributed by atoms with Crippen LogP contribution in [0, 0.1) is 10.1 Å². The molecule has 0 saturated heterocycles. The van der Waals surface area contributed by atoms with E-state index in [1.54, 1.807) is 24.3 Å². The first-order valence-electron chi connectivity index (χ1n) is 7.51. The van der Waals surface area contributed by atoms with Crippen LogP contribution in [0.1, 0.15) is 18.9 Å². The van der Waals surface area contributed by atoms with Gasteiger partial charge in [-0.2, -0.15) is 5.10 Å². The number of carbonyl (C=O) groups excluding carboxylic acids is 1. The maximum absolute atomic E-state index is 11.8. The summed E-state index contributed by atoms with van der Waals surface area (Å²) < 4.78 is 5.25. The molecule has 8 nitrogen and oxygen atoms in total. The molecule has 0 radical (unpaired) electrons. The average Bonchev–Trinajstić information content (AvgIpc) is 2.62. The van der Waals surface area contributed by atoms with Crippen molar-refractivity contribution in [3.8, 4) is 11.5 Å². The summed E-state index contributed by atoms with van der Waals surface area (Å²) in [7, 11) is 0. The van der Waals surface area contributed by atoms with E-state index in [9.17, 15) is 20.0 Å². The molecule has 2 N–H and O–H groups in total. The predicted octanol–water partition coefficient (Wildman–Crippen LogP) is 2.61. The van der Waals surface area contributed by atoms with Crippen molar-refractivity contribution < 1.29 is 19.6 Å². The molecule has 2 aromatic carbocycles. The number of phenols is 1. The van der Waals surface area contributed by atoms with Crippen molar-refractivity contribution in [2.24, 2.45) is 5.10 Å². The third kappa shape index (κ3) is 5.31. The molecular formula is C17H17N3O5. The minimum Gasteiger partial charge on any atom is -0.508 e. The number of nitro benzene ring substituents is 1. The minimum atomic E-state index is -0.513. The number of nitro groups is 1. The highest BCUT2D eigenvalue weighted by molar-refractivity contribution is 6.01. The molecule has 0 saturated carbocycles. The van der Waals surface area contributed by atoms with Gasteiger partial charge in [-0.25, -0.2) is 5.43 Å². The van der Waals surface area contributed by atoms with Crippen LogP contribution in [0.15, 0.2) is 53.6 Å². The van der Waals surface area contributed by atoms with Gasteiger partial charge in [0.1, 0.15) is 11.5 Å². The Morgan fingerprint density at radius 2 is 1.84 bits per heavy atom. The zero-order valence-electron chi connectivity index (χ0n) is 13.5. The van der Waals surface area contributed by atoms with Gasteiger partial charge in [0.2, 0.25) is 0 Å². The van der Waals surface area contributed by atoms with Gasteiger partial charge in [0.05, 0.1) is 10.6 Å². The summed E-state index contributed by atoms with van der Waals surface area (Å²) in [6.45, 7) is 1.62. The number of rotatable bonds is 7. The van der Waals surface area contributed by atoms with Gasteiger partial charge in [0.15, 0.2) is 6.61 Å². The second-order valence-electron chi connectivity index (χ2n) is 5.03. The Morgan fingerprint density at radius 3 is 2.40 bits per heavy atom. The van der Waals surface area contributed by atoms with Crippen molar-refractivity contribution in [1.29, 1.82) is 0 Å². The summed E-state index contributed by atoms with van der Waals surface area (Å²) in [5, 5.41) is 23.9. The Labute approximate surface area is 143 Å². The lowest BCUT2D eigenvalue weighted by molar-refractivity contribution is -0.384. The molecule has 25 heavy (non-hydrogen) atoms. The number of hydrazone groups is 1. The van der Waals surface area contributed by atoms with Crippen LogP contribution in [0.25, 0.3) is 0 Å². The first-order chi connectivity index (χ1) is 12.0. The molecule has 0 aliphatic heterocycles. The van der Waals surface area contributed by atoms with Crippen molar-refractivity contribution in [2.45, 2.75) is 13.3 Å². The van der Waals surface area contributed by atoms with Crippen LogP contribution in [0.5, 0.6) is 11.5 Å². The second kappa shape index (κ2) is 8.44. The van der Waals surface area contributed by atoms with E-state index in [1.807, 2.05) is 6.92 Å². The molecule has 0 heterocycles. The van der Waals surface area contributed by atoms with Gasteiger partial charge >= 0.3 is 0 Å². The molecule has 2 aromatic rings. The fourth-order valence-electron chi connectivity index (χ4n) is 1.98. The number of non-ortho nitro benzene ring substituents is 1. The van der Waals surface area contributed by atoms with E-state index in [2.05, 4.69) is 10.5 Å². The molecule has 0 aliphatic carbocycles. The number of phenolic OH excluding ortho intramolecular Hbond substituents is 1. The minimum absolute atomic E-state index is 0.0529. The third-order valence-corrected chi connectivity index (χ3v) is 3.27. The lowest BCUT2D eigenvalue weighted by atomic mass is 10.1. The normalized spacial score (nSPS) is 11.0. The number of amides is 1. The maximum Gasteiger partial charge on any atom is 0.277 e. The van der Waals surface area contributed by atoms with Gasteiger partial charge in [-0.15, -0.1) is 0 Å². The molecule has 2 rings (SSSR count). The van der Waals surface area contributed by atoms with E-state index in [-0.39, 0.29) is 18.0 Å². The van der Waals surface area contributed by atoms with E-state index >= 15 is 0 Å². The van der Waals surface area contributed by atoms with Gasteiger partial charge in [-0.05, 0) is 48.4 Å². The molecule has 0 unspecified atom stereocenters. The van der Waals surface area contributed by atoms with E-state index in [0.717, 1.165) is 5.56 Å². The summed E-state index contributed by atoms with van der Waals surface area (Å²) in [5.74, 6) is 0.0433. The quantitative estimate of drug-likeness (QED) is 0.456. The summed E-state index contributed by atoms with van der Waals surface area (Å²) in [6.07, 6.45) is 0.592. The standard InChI is InChI=1S/C17H17N3O5/c1-2-16(12-3-7-14(21)8-4-12)18-19-17(22)11-25-15-9-5-13(6-10-15)20(23)24/h3-10,21H,2,11H2,1H3,(H,19,22)/b18-16+. The van der Waals surface area contributed by atoms with E-state index < -0.39 is 10.8 Å². The number of benzene rings is 2. The van der Waals surface area contributed by atoms with Crippen LogP contribution in [0.4, 0.5) is 5.69 Å². The number of hydrogen-bond acceptors (Lipinski definition) is 6. The van der Waals surface area contributed by atoms with Crippen LogP contribution in [-0.2, 0) is 4.79 Å². The zero-order valence-corrected chi connectivity index (χ0v) is 13.5. The van der Waals surface area contributed by atoms with Crippen molar-refractivity contribution in [1.82, 2.24) is 5.43 Å². The van der Waals surface area contributed by atoms with Gasteiger partial charge in [-0.1, -0.05) is 6.92 Å². The van der Waals surface area contributed by atoms with Crippen molar-refractivity contribution in [2.75, 3.05) is 6.61 Å². The Kier molecular flexibility index (Phi) is 6.05. The first-order valence-corrected chi connectivity index (χ1v) is 7.51. The SMILES string of the molecule is CC/C(=N\NC(=O)COc1ccc([N+](=O)[O-])cc1)c1ccc(O)cc1. The van der Waals surface area contributed by atoms with Crippen LogP contribution in [-0.4, -0.2) is 28.3 Å². The molecule has 130 valence electrons. The molecule has 8 heteroatoms. The number of hydrogen-bond donors (Lipinski definition) is 2. The predicted molar refractivity (Wildman–Crippen MR) is 91.7 cm³/mol. The molecule has 1 amide bonds.